The van der Waals surface area contributed by atoms with Gasteiger partial charge in [0.25, 0.3) is 0 Å². The molecule has 1 aromatic heterocycles. The Kier molecular flexibility index (Phi) is 4.61. The molecule has 0 unspecified atom stereocenters. The Hall–Kier alpha value is -3.08. The lowest BCUT2D eigenvalue weighted by molar-refractivity contribution is -0.141. The third-order valence-electron chi connectivity index (χ3n) is 3.78. The number of benzene rings is 2. The molecule has 0 saturated heterocycles. The van der Waals surface area contributed by atoms with Crippen LogP contribution >= 0.6 is 0 Å². The molecule has 0 amide bonds. The second kappa shape index (κ2) is 7.00. The third kappa shape index (κ3) is 3.63. The van der Waals surface area contributed by atoms with Crippen molar-refractivity contribution < 1.29 is 14.6 Å². The molecular formula is C19H18N2O3. The number of hydrogen-bond donors (Lipinski definition) is 2. The standard InChI is InChI=1S/C19H18N2O3/c1-24-19(23)17(12-13-6-9-15(22)10-7-13)21-18-11-8-14-4-2-3-5-16(14)20-18/h2-11,17,22H,12H2,1H3,(H,20,21)/t17-/m0/s1. The van der Waals surface area contributed by atoms with Crippen LogP contribution in [0.4, 0.5) is 5.82 Å². The SMILES string of the molecule is COC(=O)[C@H](Cc1ccc(O)cc1)Nc1ccc2ccccc2n1. The minimum absolute atomic E-state index is 0.192. The normalized spacial score (nSPS) is 11.9. The van der Waals surface area contributed by atoms with E-state index in [1.54, 1.807) is 24.3 Å². The number of anilines is 1. The highest BCUT2D eigenvalue weighted by atomic mass is 16.5. The zero-order valence-electron chi connectivity index (χ0n) is 13.3. The van der Waals surface area contributed by atoms with Crippen molar-refractivity contribution in [2.75, 3.05) is 12.4 Å². The fourth-order valence-electron chi connectivity index (χ4n) is 2.53. The van der Waals surface area contributed by atoms with Gasteiger partial charge in [-0.25, -0.2) is 9.78 Å². The first-order chi connectivity index (χ1) is 11.7. The van der Waals surface area contributed by atoms with Crippen LogP contribution in [0.3, 0.4) is 0 Å². The van der Waals surface area contributed by atoms with Crippen molar-refractivity contribution in [1.29, 1.82) is 0 Å². The number of carbonyl (C=O) groups excluding carboxylic acids is 1. The molecule has 0 spiro atoms. The number of nitrogens with zero attached hydrogens (tertiary/aromatic N) is 1. The smallest absolute Gasteiger partial charge is 0.328 e. The molecule has 0 aliphatic carbocycles. The van der Waals surface area contributed by atoms with Gasteiger partial charge in [0.1, 0.15) is 17.6 Å². The van der Waals surface area contributed by atoms with Crippen molar-refractivity contribution in [3.8, 4) is 5.75 Å². The van der Waals surface area contributed by atoms with Crippen LogP contribution in [-0.4, -0.2) is 29.2 Å². The van der Waals surface area contributed by atoms with Gasteiger partial charge < -0.3 is 15.2 Å². The Morgan fingerprint density at radius 3 is 2.62 bits per heavy atom. The van der Waals surface area contributed by atoms with E-state index in [1.165, 1.54) is 7.11 Å². The Balaban J connectivity index is 1.82. The second-order valence-electron chi connectivity index (χ2n) is 5.48. The number of rotatable bonds is 5. The van der Waals surface area contributed by atoms with Crippen molar-refractivity contribution in [2.45, 2.75) is 12.5 Å². The van der Waals surface area contributed by atoms with E-state index in [0.717, 1.165) is 16.5 Å². The molecule has 2 N–H and O–H groups in total. The van der Waals surface area contributed by atoms with Gasteiger partial charge in [0.15, 0.2) is 0 Å². The Morgan fingerprint density at radius 1 is 1.12 bits per heavy atom. The number of fused-ring (bicyclic) bond motifs is 1. The van der Waals surface area contributed by atoms with E-state index in [-0.39, 0.29) is 11.7 Å². The molecule has 2 aromatic carbocycles. The molecule has 24 heavy (non-hydrogen) atoms. The third-order valence-corrected chi connectivity index (χ3v) is 3.78. The summed E-state index contributed by atoms with van der Waals surface area (Å²) in [6, 6.07) is 17.8. The molecular weight excluding hydrogens is 304 g/mol. The van der Waals surface area contributed by atoms with Crippen LogP contribution in [0.5, 0.6) is 5.75 Å². The lowest BCUT2D eigenvalue weighted by Crippen LogP contribution is -2.33. The number of aromatic nitrogens is 1. The van der Waals surface area contributed by atoms with Crippen molar-refractivity contribution in [3.63, 3.8) is 0 Å². The summed E-state index contributed by atoms with van der Waals surface area (Å²) in [7, 11) is 1.36. The van der Waals surface area contributed by atoms with Gasteiger partial charge in [-0.2, -0.15) is 0 Å². The number of methoxy groups -OCH3 is 1. The fourth-order valence-corrected chi connectivity index (χ4v) is 2.53. The minimum atomic E-state index is -0.562. The summed E-state index contributed by atoms with van der Waals surface area (Å²) in [4.78, 5) is 16.6. The van der Waals surface area contributed by atoms with E-state index >= 15 is 0 Å². The minimum Gasteiger partial charge on any atom is -0.508 e. The van der Waals surface area contributed by atoms with E-state index in [0.29, 0.717) is 12.2 Å². The largest absolute Gasteiger partial charge is 0.508 e. The topological polar surface area (TPSA) is 71.5 Å². The van der Waals surface area contributed by atoms with Crippen LogP contribution < -0.4 is 5.32 Å². The first kappa shape index (κ1) is 15.8. The van der Waals surface area contributed by atoms with Crippen LogP contribution in [0.25, 0.3) is 10.9 Å². The van der Waals surface area contributed by atoms with Crippen molar-refractivity contribution in [1.82, 2.24) is 4.98 Å². The molecule has 0 aliphatic heterocycles. The first-order valence-electron chi connectivity index (χ1n) is 7.64. The van der Waals surface area contributed by atoms with E-state index < -0.39 is 6.04 Å². The van der Waals surface area contributed by atoms with E-state index in [2.05, 4.69) is 10.3 Å². The van der Waals surface area contributed by atoms with Crippen LogP contribution in [-0.2, 0) is 16.0 Å². The van der Waals surface area contributed by atoms with Gasteiger partial charge in [-0.15, -0.1) is 0 Å². The summed E-state index contributed by atoms with van der Waals surface area (Å²) in [6.45, 7) is 0. The molecule has 0 bridgehead atoms. The first-order valence-corrected chi connectivity index (χ1v) is 7.64. The lowest BCUT2D eigenvalue weighted by atomic mass is 10.1. The number of esters is 1. The summed E-state index contributed by atoms with van der Waals surface area (Å²) in [5.41, 5.74) is 1.77. The monoisotopic (exact) mass is 322 g/mol. The average molecular weight is 322 g/mol. The number of hydrogen-bond acceptors (Lipinski definition) is 5. The molecule has 1 heterocycles. The lowest BCUT2D eigenvalue weighted by Gasteiger charge is -2.17. The average Bonchev–Trinajstić information content (AvgIpc) is 2.62. The zero-order chi connectivity index (χ0) is 16.9. The molecule has 3 rings (SSSR count). The number of phenols is 1. The predicted molar refractivity (Wildman–Crippen MR) is 93.0 cm³/mol. The number of ether oxygens (including phenoxy) is 1. The highest BCUT2D eigenvalue weighted by Crippen LogP contribution is 2.17. The Labute approximate surface area is 139 Å². The number of pyridine rings is 1. The second-order valence-corrected chi connectivity index (χ2v) is 5.48. The van der Waals surface area contributed by atoms with Gasteiger partial charge in [-0.3, -0.25) is 0 Å². The van der Waals surface area contributed by atoms with Crippen molar-refractivity contribution >= 4 is 22.7 Å². The molecule has 122 valence electrons. The summed E-state index contributed by atoms with van der Waals surface area (Å²) in [5, 5.41) is 13.5. The maximum atomic E-state index is 12.1. The molecule has 3 aromatic rings. The number of phenolic OH excluding ortho intramolecular Hbond substituents is 1. The summed E-state index contributed by atoms with van der Waals surface area (Å²) >= 11 is 0. The van der Waals surface area contributed by atoms with E-state index in [9.17, 15) is 9.90 Å². The predicted octanol–water partition coefficient (Wildman–Crippen LogP) is 3.14. The van der Waals surface area contributed by atoms with Gasteiger partial charge in [-0.05, 0) is 35.9 Å². The van der Waals surface area contributed by atoms with Gasteiger partial charge in [0, 0.05) is 11.8 Å². The quantitative estimate of drug-likeness (QED) is 0.706. The van der Waals surface area contributed by atoms with Crippen LogP contribution in [0.15, 0.2) is 60.7 Å². The zero-order valence-corrected chi connectivity index (χ0v) is 13.3. The number of aromatic hydroxyl groups is 1. The van der Waals surface area contributed by atoms with E-state index in [1.807, 2.05) is 36.4 Å². The van der Waals surface area contributed by atoms with Crippen molar-refractivity contribution in [2.24, 2.45) is 0 Å². The van der Waals surface area contributed by atoms with E-state index in [4.69, 9.17) is 4.74 Å². The molecule has 0 fully saturated rings. The van der Waals surface area contributed by atoms with Gasteiger partial charge in [0.05, 0.1) is 12.6 Å². The molecule has 5 heteroatoms. The van der Waals surface area contributed by atoms with Gasteiger partial charge in [-0.1, -0.05) is 30.3 Å². The Bertz CT molecular complexity index is 847. The highest BCUT2D eigenvalue weighted by molar-refractivity contribution is 5.82. The van der Waals surface area contributed by atoms with Crippen LogP contribution in [0.1, 0.15) is 5.56 Å². The molecule has 5 nitrogen and oxygen atoms in total. The van der Waals surface area contributed by atoms with Gasteiger partial charge in [0.2, 0.25) is 0 Å². The molecule has 0 saturated carbocycles. The molecule has 0 aliphatic rings. The maximum absolute atomic E-state index is 12.1. The summed E-state index contributed by atoms with van der Waals surface area (Å²) in [5.74, 6) is 0.443. The highest BCUT2D eigenvalue weighted by Gasteiger charge is 2.20. The fraction of sp³-hybridized carbons (Fsp3) is 0.158. The van der Waals surface area contributed by atoms with Crippen LogP contribution in [0, 0.1) is 0 Å². The maximum Gasteiger partial charge on any atom is 0.328 e. The summed E-state index contributed by atoms with van der Waals surface area (Å²) < 4.78 is 4.89. The van der Waals surface area contributed by atoms with Crippen LogP contribution in [0.2, 0.25) is 0 Å². The Morgan fingerprint density at radius 2 is 1.88 bits per heavy atom. The summed E-state index contributed by atoms with van der Waals surface area (Å²) in [6.07, 6.45) is 0.432. The molecule has 0 radical (unpaired) electrons. The number of para-hydroxylation sites is 1. The number of nitrogens with one attached hydrogen (secondary N) is 1. The van der Waals surface area contributed by atoms with Crippen molar-refractivity contribution in [3.05, 3.63) is 66.2 Å². The van der Waals surface area contributed by atoms with Gasteiger partial charge >= 0.3 is 5.97 Å². The molecule has 1 atom stereocenters. The number of carbonyl (C=O) groups is 1.